The van der Waals surface area contributed by atoms with Gasteiger partial charge in [0, 0.05) is 25.0 Å². The van der Waals surface area contributed by atoms with Crippen molar-refractivity contribution >= 4 is 41.4 Å². The van der Waals surface area contributed by atoms with Crippen molar-refractivity contribution in [1.29, 1.82) is 0 Å². The summed E-state index contributed by atoms with van der Waals surface area (Å²) in [5.41, 5.74) is 11.3. The summed E-state index contributed by atoms with van der Waals surface area (Å²) in [6, 6.07) is 10.6. The van der Waals surface area contributed by atoms with Crippen LogP contribution >= 0.6 is 24.0 Å². The first-order chi connectivity index (χ1) is 13.3. The number of benzene rings is 1. The van der Waals surface area contributed by atoms with Gasteiger partial charge in [0.1, 0.15) is 5.82 Å². The van der Waals surface area contributed by atoms with E-state index in [0.717, 1.165) is 43.0 Å². The number of hydrogen-bond acceptors (Lipinski definition) is 3. The molecule has 1 aromatic heterocycles. The molecule has 2 heterocycles. The van der Waals surface area contributed by atoms with Crippen LogP contribution in [0, 0.1) is 0 Å². The number of fused-ring (bicyclic) bond motifs is 1. The lowest BCUT2D eigenvalue weighted by Crippen LogP contribution is -2.30. The molecule has 0 amide bonds. The molecule has 1 saturated heterocycles. The summed E-state index contributed by atoms with van der Waals surface area (Å²) < 4.78 is 0. The van der Waals surface area contributed by atoms with E-state index in [1.165, 1.54) is 43.2 Å². The highest BCUT2D eigenvalue weighted by molar-refractivity contribution is 14.0. The fourth-order valence-electron chi connectivity index (χ4n) is 4.11. The van der Waals surface area contributed by atoms with Gasteiger partial charge >= 0.3 is 0 Å². The van der Waals surface area contributed by atoms with Crippen LogP contribution in [-0.2, 0) is 19.4 Å². The van der Waals surface area contributed by atoms with Crippen molar-refractivity contribution in [1.82, 2.24) is 4.98 Å². The second-order valence-electron chi connectivity index (χ2n) is 7.55. The van der Waals surface area contributed by atoms with Crippen molar-refractivity contribution in [2.45, 2.75) is 51.5 Å². The van der Waals surface area contributed by atoms with Gasteiger partial charge in [-0.1, -0.05) is 12.1 Å². The molecule has 150 valence electrons. The summed E-state index contributed by atoms with van der Waals surface area (Å²) in [5, 5.41) is 3.32. The second kappa shape index (κ2) is 10.1. The fourth-order valence-corrected chi connectivity index (χ4v) is 4.11. The highest BCUT2D eigenvalue weighted by Gasteiger charge is 2.14. The number of aryl methyl sites for hydroxylation is 1. The summed E-state index contributed by atoms with van der Waals surface area (Å²) in [4.78, 5) is 11.5. The van der Waals surface area contributed by atoms with Crippen LogP contribution in [0.25, 0.3) is 0 Å². The Hall–Kier alpha value is -1.83. The first-order valence-corrected chi connectivity index (χ1v) is 10.2. The van der Waals surface area contributed by atoms with Gasteiger partial charge in [-0.2, -0.15) is 0 Å². The van der Waals surface area contributed by atoms with Crippen molar-refractivity contribution in [2.24, 2.45) is 10.7 Å². The molecule has 6 heteroatoms. The minimum atomic E-state index is 0. The van der Waals surface area contributed by atoms with Gasteiger partial charge < -0.3 is 16.0 Å². The van der Waals surface area contributed by atoms with E-state index in [0.29, 0.717) is 12.5 Å². The van der Waals surface area contributed by atoms with Crippen molar-refractivity contribution in [3.8, 4) is 0 Å². The average Bonchev–Trinajstić information content (AvgIpc) is 2.73. The van der Waals surface area contributed by atoms with Crippen molar-refractivity contribution in [3.63, 3.8) is 0 Å². The molecule has 0 atom stereocenters. The number of rotatable bonds is 4. The molecule has 5 nitrogen and oxygen atoms in total. The van der Waals surface area contributed by atoms with Crippen LogP contribution in [0.1, 0.15) is 48.8 Å². The molecule has 0 spiro atoms. The van der Waals surface area contributed by atoms with E-state index in [2.05, 4.69) is 44.5 Å². The van der Waals surface area contributed by atoms with Gasteiger partial charge in [-0.15, -0.1) is 24.0 Å². The predicted octanol–water partition coefficient (Wildman–Crippen LogP) is 4.50. The van der Waals surface area contributed by atoms with Gasteiger partial charge in [-0.3, -0.25) is 0 Å². The highest BCUT2D eigenvalue weighted by Crippen LogP contribution is 2.27. The molecule has 0 unspecified atom stereocenters. The summed E-state index contributed by atoms with van der Waals surface area (Å²) >= 11 is 0. The minimum absolute atomic E-state index is 0. The summed E-state index contributed by atoms with van der Waals surface area (Å²) in [6.45, 7) is 2.77. The van der Waals surface area contributed by atoms with E-state index in [1.54, 1.807) is 0 Å². The van der Waals surface area contributed by atoms with E-state index in [4.69, 9.17) is 5.73 Å². The molecule has 4 rings (SSSR count). The summed E-state index contributed by atoms with van der Waals surface area (Å²) in [7, 11) is 0. The van der Waals surface area contributed by atoms with E-state index >= 15 is 0 Å². The van der Waals surface area contributed by atoms with E-state index in [9.17, 15) is 0 Å². The maximum absolute atomic E-state index is 6.18. The Bertz CT molecular complexity index is 814. The predicted molar refractivity (Wildman–Crippen MR) is 128 cm³/mol. The van der Waals surface area contributed by atoms with Crippen LogP contribution in [0.3, 0.4) is 0 Å². The zero-order valence-corrected chi connectivity index (χ0v) is 18.7. The zero-order valence-electron chi connectivity index (χ0n) is 16.4. The third-order valence-electron chi connectivity index (χ3n) is 5.58. The number of aromatic nitrogens is 1. The molecule has 1 aromatic carbocycles. The molecular weight excluding hydrogens is 461 g/mol. The van der Waals surface area contributed by atoms with Crippen LogP contribution in [-0.4, -0.2) is 24.0 Å². The summed E-state index contributed by atoms with van der Waals surface area (Å²) in [5.74, 6) is 1.54. The largest absolute Gasteiger partial charge is 0.370 e. The molecular formula is C22H30IN5. The molecule has 0 radical (unpaired) electrons. The minimum Gasteiger partial charge on any atom is -0.370 e. The van der Waals surface area contributed by atoms with Crippen molar-refractivity contribution in [2.75, 3.05) is 23.3 Å². The van der Waals surface area contributed by atoms with Gasteiger partial charge in [-0.05, 0) is 79.8 Å². The molecule has 28 heavy (non-hydrogen) atoms. The smallest absolute Gasteiger partial charge is 0.193 e. The molecule has 1 aliphatic heterocycles. The maximum Gasteiger partial charge on any atom is 0.193 e. The lowest BCUT2D eigenvalue weighted by atomic mass is 9.90. The van der Waals surface area contributed by atoms with Gasteiger partial charge in [0.2, 0.25) is 0 Å². The monoisotopic (exact) mass is 491 g/mol. The number of halogens is 1. The van der Waals surface area contributed by atoms with E-state index in [-0.39, 0.29) is 24.0 Å². The van der Waals surface area contributed by atoms with Crippen LogP contribution < -0.4 is 16.0 Å². The molecule has 2 aliphatic rings. The average molecular weight is 491 g/mol. The molecule has 0 saturated carbocycles. The van der Waals surface area contributed by atoms with Gasteiger partial charge in [0.15, 0.2) is 5.96 Å². The number of pyridine rings is 1. The fraction of sp³-hybridized carbons (Fsp3) is 0.455. The molecule has 0 bridgehead atoms. The Balaban J connectivity index is 0.00000225. The number of aliphatic imine (C=N–C) groups is 1. The van der Waals surface area contributed by atoms with Gasteiger partial charge in [0.25, 0.3) is 0 Å². The molecule has 1 aliphatic carbocycles. The topological polar surface area (TPSA) is 66.5 Å². The van der Waals surface area contributed by atoms with E-state index in [1.807, 2.05) is 12.3 Å². The number of anilines is 2. The van der Waals surface area contributed by atoms with Crippen molar-refractivity contribution in [3.05, 3.63) is 53.2 Å². The van der Waals surface area contributed by atoms with Crippen LogP contribution in [0.15, 0.2) is 41.5 Å². The number of piperidine rings is 1. The Morgan fingerprint density at radius 2 is 1.89 bits per heavy atom. The molecule has 3 N–H and O–H groups in total. The molecule has 2 aromatic rings. The normalized spacial score (nSPS) is 16.9. The third kappa shape index (κ3) is 5.16. The van der Waals surface area contributed by atoms with Crippen LogP contribution in [0.2, 0.25) is 0 Å². The lowest BCUT2D eigenvalue weighted by molar-refractivity contribution is 0.573. The van der Waals surface area contributed by atoms with E-state index < -0.39 is 0 Å². The number of nitrogens with one attached hydrogen (secondary N) is 1. The van der Waals surface area contributed by atoms with Gasteiger partial charge in [0.05, 0.1) is 6.54 Å². The SMILES string of the molecule is I.NC(=NCc1ccnc(N2CCCCC2)c1)Nc1cccc2c1CCCC2. The lowest BCUT2D eigenvalue weighted by Gasteiger charge is -2.27. The Labute approximate surface area is 184 Å². The maximum atomic E-state index is 6.18. The number of nitrogens with zero attached hydrogens (tertiary/aromatic N) is 3. The Morgan fingerprint density at radius 1 is 1.07 bits per heavy atom. The van der Waals surface area contributed by atoms with Crippen molar-refractivity contribution < 1.29 is 0 Å². The third-order valence-corrected chi connectivity index (χ3v) is 5.58. The first kappa shape index (κ1) is 20.9. The number of hydrogen-bond donors (Lipinski definition) is 2. The Morgan fingerprint density at radius 3 is 2.75 bits per heavy atom. The molecule has 1 fully saturated rings. The van der Waals surface area contributed by atoms with Crippen LogP contribution in [0.5, 0.6) is 0 Å². The Kier molecular flexibility index (Phi) is 7.53. The number of nitrogens with two attached hydrogens (primary N) is 1. The standard InChI is InChI=1S/C22H29N5.HI/c23-22(26-20-10-6-8-18-7-2-3-9-19(18)20)25-16-17-11-12-24-21(15-17)27-13-4-1-5-14-27;/h6,8,10-12,15H,1-5,7,9,13-14,16H2,(H3,23,25,26);1H. The summed E-state index contributed by atoms with van der Waals surface area (Å²) in [6.07, 6.45) is 10.5. The van der Waals surface area contributed by atoms with Gasteiger partial charge in [-0.25, -0.2) is 9.98 Å². The first-order valence-electron chi connectivity index (χ1n) is 10.2. The van der Waals surface area contributed by atoms with Crippen LogP contribution in [0.4, 0.5) is 11.5 Å². The zero-order chi connectivity index (χ0) is 18.5. The highest BCUT2D eigenvalue weighted by atomic mass is 127. The quantitative estimate of drug-likeness (QED) is 0.376. The second-order valence-corrected chi connectivity index (χ2v) is 7.55. The number of guanidine groups is 1.